The molecule has 1 fully saturated rings. The number of aromatic nitrogens is 1. The molecule has 1 atom stereocenters. The molecule has 1 aliphatic heterocycles. The molecular formula is C17H21N3O2S. The molecule has 6 heteroatoms. The van der Waals surface area contributed by atoms with Crippen molar-refractivity contribution in [2.75, 3.05) is 12.3 Å². The number of hydrogen-bond donors (Lipinski definition) is 1. The molecule has 0 unspecified atom stereocenters. The summed E-state index contributed by atoms with van der Waals surface area (Å²) in [6, 6.07) is 10.5. The molecule has 1 aromatic heterocycles. The molecule has 2 heterocycles. The minimum Gasteiger partial charge on any atom is -0.384 e. The van der Waals surface area contributed by atoms with Gasteiger partial charge in [0.25, 0.3) is 0 Å². The van der Waals surface area contributed by atoms with Crippen LogP contribution in [0.25, 0.3) is 0 Å². The topological polar surface area (TPSA) is 76.3 Å². The summed E-state index contributed by atoms with van der Waals surface area (Å²) in [5.41, 5.74) is 8.48. The smallest absolute Gasteiger partial charge is 0.243 e. The van der Waals surface area contributed by atoms with Crippen LogP contribution in [0.15, 0.2) is 41.3 Å². The third kappa shape index (κ3) is 2.96. The second-order valence-corrected chi connectivity index (χ2v) is 7.89. The Labute approximate surface area is 137 Å². The number of nitrogens with two attached hydrogens (primary N) is 1. The highest BCUT2D eigenvalue weighted by Crippen LogP contribution is 2.37. The third-order valence-corrected chi connectivity index (χ3v) is 6.26. The molecule has 0 spiro atoms. The Balaban J connectivity index is 1.99. The lowest BCUT2D eigenvalue weighted by molar-refractivity contribution is 0.395. The number of sulfonamides is 1. The summed E-state index contributed by atoms with van der Waals surface area (Å²) in [6.07, 6.45) is 1.65. The minimum atomic E-state index is -3.51. The van der Waals surface area contributed by atoms with Crippen LogP contribution in [-0.4, -0.2) is 24.3 Å². The summed E-state index contributed by atoms with van der Waals surface area (Å²) >= 11 is 0. The van der Waals surface area contributed by atoms with Crippen molar-refractivity contribution in [1.29, 1.82) is 0 Å². The van der Waals surface area contributed by atoms with Gasteiger partial charge in [0.1, 0.15) is 5.82 Å². The Bertz CT molecular complexity index is 816. The van der Waals surface area contributed by atoms with Crippen LogP contribution in [0.3, 0.4) is 0 Å². The first-order valence-corrected chi connectivity index (χ1v) is 9.15. The summed E-state index contributed by atoms with van der Waals surface area (Å²) in [7, 11) is -3.51. The van der Waals surface area contributed by atoms with E-state index < -0.39 is 10.0 Å². The van der Waals surface area contributed by atoms with Crippen molar-refractivity contribution in [3.8, 4) is 0 Å². The molecule has 0 amide bonds. The van der Waals surface area contributed by atoms with Crippen molar-refractivity contribution in [1.82, 2.24) is 9.29 Å². The first-order chi connectivity index (χ1) is 10.9. The maximum atomic E-state index is 13.0. The van der Waals surface area contributed by atoms with Gasteiger partial charge in [0.2, 0.25) is 10.0 Å². The van der Waals surface area contributed by atoms with E-state index in [-0.39, 0.29) is 6.04 Å². The van der Waals surface area contributed by atoms with Crippen LogP contribution in [0.1, 0.15) is 35.7 Å². The van der Waals surface area contributed by atoms with Gasteiger partial charge in [-0.2, -0.15) is 4.31 Å². The molecule has 122 valence electrons. The molecule has 0 aliphatic carbocycles. The number of benzene rings is 1. The number of anilines is 1. The fraction of sp³-hybridized carbons (Fsp3) is 0.353. The molecule has 3 rings (SSSR count). The van der Waals surface area contributed by atoms with Gasteiger partial charge in [-0.05, 0) is 50.5 Å². The Morgan fingerprint density at radius 2 is 1.83 bits per heavy atom. The van der Waals surface area contributed by atoms with E-state index in [4.69, 9.17) is 5.73 Å². The number of hydrogen-bond acceptors (Lipinski definition) is 4. The summed E-state index contributed by atoms with van der Waals surface area (Å²) in [5, 5.41) is 0. The average molecular weight is 331 g/mol. The molecule has 23 heavy (non-hydrogen) atoms. The lowest BCUT2D eigenvalue weighted by Gasteiger charge is -2.25. The van der Waals surface area contributed by atoms with Crippen molar-refractivity contribution in [2.24, 2.45) is 0 Å². The highest BCUT2D eigenvalue weighted by atomic mass is 32.2. The lowest BCUT2D eigenvalue weighted by Crippen LogP contribution is -2.31. The average Bonchev–Trinajstić information content (AvgIpc) is 2.97. The van der Waals surface area contributed by atoms with Gasteiger partial charge in [-0.1, -0.05) is 23.8 Å². The molecule has 0 bridgehead atoms. The zero-order chi connectivity index (χ0) is 16.6. The monoisotopic (exact) mass is 331 g/mol. The molecule has 1 aromatic carbocycles. The van der Waals surface area contributed by atoms with Crippen LogP contribution in [0, 0.1) is 13.8 Å². The summed E-state index contributed by atoms with van der Waals surface area (Å²) in [4.78, 5) is 4.62. The van der Waals surface area contributed by atoms with Gasteiger partial charge >= 0.3 is 0 Å². The molecular weight excluding hydrogens is 310 g/mol. The van der Waals surface area contributed by atoms with Gasteiger partial charge < -0.3 is 5.73 Å². The van der Waals surface area contributed by atoms with Crippen molar-refractivity contribution in [2.45, 2.75) is 37.6 Å². The van der Waals surface area contributed by atoms with Crippen LogP contribution in [-0.2, 0) is 10.0 Å². The first kappa shape index (κ1) is 16.0. The predicted octanol–water partition coefficient (Wildman–Crippen LogP) is 2.81. The highest BCUT2D eigenvalue weighted by molar-refractivity contribution is 7.89. The Morgan fingerprint density at radius 1 is 1.13 bits per heavy atom. The van der Waals surface area contributed by atoms with E-state index in [0.717, 1.165) is 29.7 Å². The number of aryl methyl sites for hydroxylation is 2. The van der Waals surface area contributed by atoms with E-state index in [1.165, 1.54) is 0 Å². The minimum absolute atomic E-state index is 0.172. The van der Waals surface area contributed by atoms with Crippen molar-refractivity contribution < 1.29 is 8.42 Å². The molecule has 2 aromatic rings. The maximum absolute atomic E-state index is 13.0. The lowest BCUT2D eigenvalue weighted by atomic mass is 10.0. The zero-order valence-electron chi connectivity index (χ0n) is 13.4. The quantitative estimate of drug-likeness (QED) is 0.938. The van der Waals surface area contributed by atoms with Crippen molar-refractivity contribution in [3.05, 3.63) is 53.2 Å². The number of nitrogen functional groups attached to an aromatic ring is 1. The van der Waals surface area contributed by atoms with E-state index in [1.807, 2.05) is 32.0 Å². The van der Waals surface area contributed by atoms with Crippen molar-refractivity contribution >= 4 is 15.8 Å². The van der Waals surface area contributed by atoms with Crippen LogP contribution in [0.4, 0.5) is 5.82 Å². The van der Waals surface area contributed by atoms with Crippen molar-refractivity contribution in [3.63, 3.8) is 0 Å². The summed E-state index contributed by atoms with van der Waals surface area (Å²) in [6.45, 7) is 4.35. The second-order valence-electron chi connectivity index (χ2n) is 6.00. The van der Waals surface area contributed by atoms with Crippen LogP contribution in [0.5, 0.6) is 0 Å². The number of rotatable bonds is 3. The maximum Gasteiger partial charge on any atom is 0.243 e. The summed E-state index contributed by atoms with van der Waals surface area (Å²) in [5.74, 6) is 0.456. The molecule has 5 nitrogen and oxygen atoms in total. The van der Waals surface area contributed by atoms with Gasteiger partial charge in [-0.25, -0.2) is 13.4 Å². The standard InChI is InChI=1S/C17H21N3O2S/c1-12-5-7-14(8-6-12)23(21,22)20-11-3-4-16(20)15-9-10-17(18)19-13(15)2/h5-10,16H,3-4,11H2,1-2H3,(H2,18,19)/t16-/m0/s1. The van der Waals surface area contributed by atoms with Gasteiger partial charge in [-0.15, -0.1) is 0 Å². The van der Waals surface area contributed by atoms with Gasteiger partial charge in [-0.3, -0.25) is 0 Å². The Morgan fingerprint density at radius 3 is 2.48 bits per heavy atom. The normalized spacial score (nSPS) is 19.1. The molecule has 0 radical (unpaired) electrons. The Kier molecular flexibility index (Phi) is 4.12. The van der Waals surface area contributed by atoms with E-state index in [1.54, 1.807) is 22.5 Å². The SMILES string of the molecule is Cc1ccc(S(=O)(=O)N2CCC[C@H]2c2ccc(N)nc2C)cc1. The number of pyridine rings is 1. The second kappa shape index (κ2) is 5.94. The van der Waals surface area contributed by atoms with Gasteiger partial charge in [0.05, 0.1) is 10.9 Å². The third-order valence-electron chi connectivity index (χ3n) is 4.34. The fourth-order valence-corrected chi connectivity index (χ4v) is 4.80. The van der Waals surface area contributed by atoms with Gasteiger partial charge in [0, 0.05) is 12.2 Å². The molecule has 1 aliphatic rings. The molecule has 1 saturated heterocycles. The van der Waals surface area contributed by atoms with E-state index in [9.17, 15) is 8.42 Å². The molecule has 0 saturated carbocycles. The van der Waals surface area contributed by atoms with Crippen LogP contribution >= 0.6 is 0 Å². The first-order valence-electron chi connectivity index (χ1n) is 7.71. The predicted molar refractivity (Wildman–Crippen MR) is 90.4 cm³/mol. The van der Waals surface area contributed by atoms with E-state index in [2.05, 4.69) is 4.98 Å². The summed E-state index contributed by atoms with van der Waals surface area (Å²) < 4.78 is 27.6. The van der Waals surface area contributed by atoms with E-state index in [0.29, 0.717) is 17.3 Å². The van der Waals surface area contributed by atoms with E-state index >= 15 is 0 Å². The highest BCUT2D eigenvalue weighted by Gasteiger charge is 2.36. The van der Waals surface area contributed by atoms with Gasteiger partial charge in [0.15, 0.2) is 0 Å². The Hall–Kier alpha value is -1.92. The van der Waals surface area contributed by atoms with Crippen LogP contribution in [0.2, 0.25) is 0 Å². The fourth-order valence-electron chi connectivity index (χ4n) is 3.13. The zero-order valence-corrected chi connectivity index (χ0v) is 14.2. The van der Waals surface area contributed by atoms with Crippen LogP contribution < -0.4 is 5.73 Å². The largest absolute Gasteiger partial charge is 0.384 e. The number of nitrogens with zero attached hydrogens (tertiary/aromatic N) is 2. The molecule has 2 N–H and O–H groups in total.